The van der Waals surface area contributed by atoms with E-state index in [1.807, 2.05) is 19.1 Å². The quantitative estimate of drug-likeness (QED) is 0.429. The number of hydrogen-bond donors (Lipinski definition) is 1. The molecule has 4 heteroatoms. The van der Waals surface area contributed by atoms with E-state index in [0.717, 1.165) is 15.6 Å². The molecule has 1 aromatic carbocycles. The number of benzene rings is 1. The van der Waals surface area contributed by atoms with Gasteiger partial charge in [0.1, 0.15) is 0 Å². The lowest BCUT2D eigenvalue weighted by Gasteiger charge is -2.02. The maximum atomic E-state index is 5.83. The van der Waals surface area contributed by atoms with Gasteiger partial charge in [0.25, 0.3) is 0 Å². The van der Waals surface area contributed by atoms with Gasteiger partial charge in [0.15, 0.2) is 0 Å². The van der Waals surface area contributed by atoms with Crippen LogP contribution >= 0.6 is 46.1 Å². The highest BCUT2D eigenvalue weighted by molar-refractivity contribution is 14.2. The molecule has 0 atom stereocenters. The topological polar surface area (TPSA) is 26.0 Å². The predicted octanol–water partition coefficient (Wildman–Crippen LogP) is 3.73. The lowest BCUT2D eigenvalue weighted by atomic mass is 10.1. The predicted molar refractivity (Wildman–Crippen MR) is 71.8 cm³/mol. The summed E-state index contributed by atoms with van der Waals surface area (Å²) in [6.07, 6.45) is 0. The second-order valence-electron chi connectivity index (χ2n) is 2.51. The summed E-state index contributed by atoms with van der Waals surface area (Å²) in [5.41, 5.74) is 8.58. The summed E-state index contributed by atoms with van der Waals surface area (Å²) in [4.78, 5) is 0. The number of halogens is 2. The minimum absolute atomic E-state index is 0.712. The van der Waals surface area contributed by atoms with E-state index in [0.29, 0.717) is 5.69 Å². The molecule has 0 aliphatic carbocycles. The molecule has 0 unspecified atom stereocenters. The average molecular weight is 368 g/mol. The Morgan fingerprint density at radius 2 is 2.23 bits per heavy atom. The highest BCUT2D eigenvalue weighted by Crippen LogP contribution is 2.24. The van der Waals surface area contributed by atoms with Gasteiger partial charge in [-0.15, -0.1) is 0 Å². The first-order valence-electron chi connectivity index (χ1n) is 3.49. The maximum absolute atomic E-state index is 5.83. The molecule has 68 valence electrons. The summed E-state index contributed by atoms with van der Waals surface area (Å²) in [6.45, 7) is 2.02. The van der Waals surface area contributed by atoms with Crippen molar-refractivity contribution in [1.29, 1.82) is 0 Å². The Bertz CT molecular complexity index is 381. The van der Waals surface area contributed by atoms with Crippen molar-refractivity contribution in [3.63, 3.8) is 0 Å². The van der Waals surface area contributed by atoms with Crippen molar-refractivity contribution in [2.45, 2.75) is 6.92 Å². The molecule has 13 heavy (non-hydrogen) atoms. The highest BCUT2D eigenvalue weighted by Gasteiger charge is 2.01. The third-order valence-corrected chi connectivity index (χ3v) is 2.99. The summed E-state index contributed by atoms with van der Waals surface area (Å²) in [5.74, 6) is 2.99. The summed E-state index contributed by atoms with van der Waals surface area (Å²) in [6, 6.07) is 3.97. The molecule has 0 heterocycles. The molecule has 0 aliphatic heterocycles. The molecule has 0 saturated heterocycles. The van der Waals surface area contributed by atoms with Gasteiger partial charge in [-0.1, -0.05) is 5.92 Å². The summed E-state index contributed by atoms with van der Waals surface area (Å²) in [5, 5.41) is 2.91. The molecule has 0 aromatic heterocycles. The van der Waals surface area contributed by atoms with E-state index in [4.69, 9.17) is 5.73 Å². The lowest BCUT2D eigenvalue weighted by Crippen LogP contribution is -1.92. The number of anilines is 1. The molecule has 0 amide bonds. The van der Waals surface area contributed by atoms with Crippen LogP contribution < -0.4 is 5.73 Å². The van der Waals surface area contributed by atoms with Gasteiger partial charge in [0.05, 0.1) is 5.69 Å². The number of nitrogens with two attached hydrogens (primary N) is 1. The number of hydrogen-bond acceptors (Lipinski definition) is 2. The zero-order valence-electron chi connectivity index (χ0n) is 6.90. The van der Waals surface area contributed by atoms with Crippen LogP contribution in [0.3, 0.4) is 0 Å². The Kier molecular flexibility index (Phi) is 4.42. The van der Waals surface area contributed by atoms with Gasteiger partial charge >= 0.3 is 0 Å². The first kappa shape index (κ1) is 11.2. The van der Waals surface area contributed by atoms with Crippen molar-refractivity contribution in [3.8, 4) is 11.2 Å². The Morgan fingerprint density at radius 3 is 2.85 bits per heavy atom. The first-order chi connectivity index (χ1) is 6.15. The van der Waals surface area contributed by atoms with Crippen molar-refractivity contribution < 1.29 is 0 Å². The van der Waals surface area contributed by atoms with Gasteiger partial charge in [-0.25, -0.2) is 0 Å². The molecule has 0 bridgehead atoms. The van der Waals surface area contributed by atoms with Gasteiger partial charge in [0, 0.05) is 31.2 Å². The average Bonchev–Trinajstić information content (AvgIpc) is 2.09. The van der Waals surface area contributed by atoms with E-state index < -0.39 is 0 Å². The van der Waals surface area contributed by atoms with Gasteiger partial charge in [-0.3, -0.25) is 0 Å². The van der Waals surface area contributed by atoms with Crippen molar-refractivity contribution in [1.82, 2.24) is 0 Å². The summed E-state index contributed by atoms with van der Waals surface area (Å²) in [7, 11) is 1.45. The van der Waals surface area contributed by atoms with Crippen LogP contribution in [0.25, 0.3) is 0 Å². The van der Waals surface area contributed by atoms with E-state index in [9.17, 15) is 0 Å². The molecular weight excluding hydrogens is 361 g/mol. The molecule has 2 N–H and O–H groups in total. The van der Waals surface area contributed by atoms with Gasteiger partial charge in [0.2, 0.25) is 0 Å². The van der Waals surface area contributed by atoms with Gasteiger partial charge in [-0.2, -0.15) is 0 Å². The maximum Gasteiger partial charge on any atom is 0.0618 e. The number of aryl methyl sites for hydroxylation is 1. The second kappa shape index (κ2) is 5.13. The molecule has 0 saturated carbocycles. The first-order valence-corrected chi connectivity index (χ1v) is 7.64. The van der Waals surface area contributed by atoms with Crippen molar-refractivity contribution in [2.75, 3.05) is 5.73 Å². The van der Waals surface area contributed by atoms with E-state index in [2.05, 4.69) is 48.3 Å². The van der Waals surface area contributed by atoms with Gasteiger partial charge in [-0.05, 0) is 54.7 Å². The molecule has 0 aliphatic rings. The Labute approximate surface area is 103 Å². The smallest absolute Gasteiger partial charge is 0.0618 e. The highest BCUT2D eigenvalue weighted by atomic mass is 127. The zero-order chi connectivity index (χ0) is 9.84. The molecule has 1 nitrogen and oxygen atoms in total. The fourth-order valence-electron chi connectivity index (χ4n) is 0.931. The van der Waals surface area contributed by atoms with E-state index in [1.54, 1.807) is 0 Å². The van der Waals surface area contributed by atoms with Crippen molar-refractivity contribution in [2.24, 2.45) is 0 Å². The fourth-order valence-corrected chi connectivity index (χ4v) is 1.98. The Balaban J connectivity index is 3.20. The summed E-state index contributed by atoms with van der Waals surface area (Å²) < 4.78 is 0.912. The Hall–Kier alpha value is 0.140. The zero-order valence-corrected chi connectivity index (χ0v) is 11.5. The van der Waals surface area contributed by atoms with Crippen LogP contribution in [0, 0.1) is 18.1 Å². The van der Waals surface area contributed by atoms with Crippen LogP contribution in [0.15, 0.2) is 16.6 Å². The van der Waals surface area contributed by atoms with Crippen LogP contribution in [0.4, 0.5) is 5.69 Å². The molecule has 0 radical (unpaired) electrons. The largest absolute Gasteiger partial charge is 0.397 e. The van der Waals surface area contributed by atoms with Crippen molar-refractivity contribution >= 4 is 51.8 Å². The van der Waals surface area contributed by atoms with Crippen LogP contribution in [-0.4, -0.2) is 0 Å². The van der Waals surface area contributed by atoms with Gasteiger partial charge < -0.3 is 5.73 Å². The minimum atomic E-state index is 0.712. The molecular formula is C9H7BrINS. The lowest BCUT2D eigenvalue weighted by molar-refractivity contribution is 1.43. The fraction of sp³-hybridized carbons (Fsp3) is 0.111. The van der Waals surface area contributed by atoms with Crippen LogP contribution in [0.2, 0.25) is 0 Å². The van der Waals surface area contributed by atoms with Crippen molar-refractivity contribution in [3.05, 3.63) is 27.7 Å². The molecule has 0 fully saturated rings. The number of rotatable bonds is 0. The van der Waals surface area contributed by atoms with Crippen LogP contribution in [0.1, 0.15) is 11.1 Å². The third-order valence-electron chi connectivity index (χ3n) is 1.50. The third kappa shape index (κ3) is 3.08. The van der Waals surface area contributed by atoms with E-state index in [-0.39, 0.29) is 0 Å². The minimum Gasteiger partial charge on any atom is -0.397 e. The number of nitrogen functional groups attached to an aromatic ring is 1. The SMILES string of the molecule is Cc1cc(Br)c(N)c(C#CSI)c1. The summed E-state index contributed by atoms with van der Waals surface area (Å²) >= 11 is 5.52. The molecule has 1 aromatic rings. The van der Waals surface area contributed by atoms with E-state index >= 15 is 0 Å². The second-order valence-corrected chi connectivity index (χ2v) is 5.05. The molecule has 1 rings (SSSR count). The normalized spacial score (nSPS) is 9.15. The van der Waals surface area contributed by atoms with Crippen LogP contribution in [0.5, 0.6) is 0 Å². The van der Waals surface area contributed by atoms with E-state index in [1.165, 1.54) is 8.93 Å². The Morgan fingerprint density at radius 1 is 1.54 bits per heavy atom. The standard InChI is InChI=1S/C9H7BrINS/c1-6-4-7(2-3-13-11)9(12)8(10)5-6/h4-5H,12H2,1H3. The van der Waals surface area contributed by atoms with Crippen LogP contribution in [-0.2, 0) is 0 Å². The monoisotopic (exact) mass is 367 g/mol. The molecule has 0 spiro atoms.